The summed E-state index contributed by atoms with van der Waals surface area (Å²) in [6, 6.07) is 8.97. The Bertz CT molecular complexity index is 409. The molecule has 1 aromatic rings. The molecule has 0 amide bonds. The molecule has 1 aromatic carbocycles. The van der Waals surface area contributed by atoms with Crippen LogP contribution in [0.1, 0.15) is 24.4 Å². The highest BCUT2D eigenvalue weighted by atomic mass is 19.3. The minimum atomic E-state index is -2.57. The van der Waals surface area contributed by atoms with E-state index in [-0.39, 0.29) is 37.7 Å². The minimum Gasteiger partial charge on any atom is -0.511 e. The molecule has 2 nitrogen and oxygen atoms in total. The molecule has 0 aromatic heterocycles. The lowest BCUT2D eigenvalue weighted by molar-refractivity contribution is -0.0631. The molecule has 1 atom stereocenters. The fraction of sp³-hybridized carbons (Fsp3) is 0.429. The number of benzene rings is 1. The number of hydrogen-bond acceptors (Lipinski definition) is 2. The van der Waals surface area contributed by atoms with Crippen LogP contribution in [-0.4, -0.2) is 29.0 Å². The first-order valence-electron chi connectivity index (χ1n) is 6.04. The zero-order valence-electron chi connectivity index (χ0n) is 10.1. The van der Waals surface area contributed by atoms with E-state index in [2.05, 4.69) is 6.58 Å². The molecular formula is C14H17F2NO. The number of rotatable bonds is 3. The molecule has 1 aliphatic rings. The predicted octanol–water partition coefficient (Wildman–Crippen LogP) is 3.53. The number of halogens is 2. The quantitative estimate of drug-likeness (QED) is 0.833. The van der Waals surface area contributed by atoms with E-state index in [1.807, 2.05) is 35.2 Å². The molecule has 0 bridgehead atoms. The summed E-state index contributed by atoms with van der Waals surface area (Å²) in [5.41, 5.74) is 0.884. The number of hydrogen-bond donors (Lipinski definition) is 1. The van der Waals surface area contributed by atoms with Gasteiger partial charge in [-0.15, -0.1) is 0 Å². The van der Waals surface area contributed by atoms with Crippen molar-refractivity contribution < 1.29 is 13.9 Å². The SMILES string of the molecule is C=C(O)C(c1ccccc1)N1CCC(F)(F)CC1. The summed E-state index contributed by atoms with van der Waals surface area (Å²) in [4.78, 5) is 1.86. The van der Waals surface area contributed by atoms with Crippen molar-refractivity contribution in [2.75, 3.05) is 13.1 Å². The number of piperidine rings is 1. The molecule has 18 heavy (non-hydrogen) atoms. The average Bonchev–Trinajstić information content (AvgIpc) is 2.33. The zero-order valence-corrected chi connectivity index (χ0v) is 10.1. The zero-order chi connectivity index (χ0) is 13.2. The Balaban J connectivity index is 2.15. The van der Waals surface area contributed by atoms with Crippen molar-refractivity contribution in [3.8, 4) is 0 Å². The predicted molar refractivity (Wildman–Crippen MR) is 66.7 cm³/mol. The summed E-state index contributed by atoms with van der Waals surface area (Å²) in [6.45, 7) is 4.11. The van der Waals surface area contributed by atoms with E-state index in [0.717, 1.165) is 5.56 Å². The van der Waals surface area contributed by atoms with E-state index in [4.69, 9.17) is 0 Å². The topological polar surface area (TPSA) is 23.5 Å². The Kier molecular flexibility index (Phi) is 3.66. The first kappa shape index (κ1) is 13.0. The molecule has 0 aliphatic carbocycles. The number of nitrogens with zero attached hydrogens (tertiary/aromatic N) is 1. The van der Waals surface area contributed by atoms with Crippen LogP contribution < -0.4 is 0 Å². The van der Waals surface area contributed by atoms with Gasteiger partial charge >= 0.3 is 0 Å². The van der Waals surface area contributed by atoms with Gasteiger partial charge in [0.05, 0.1) is 6.04 Å². The molecule has 1 N–H and O–H groups in total. The molecule has 2 rings (SSSR count). The maximum atomic E-state index is 13.1. The van der Waals surface area contributed by atoms with Gasteiger partial charge in [0.1, 0.15) is 5.76 Å². The van der Waals surface area contributed by atoms with Crippen LogP contribution in [0.4, 0.5) is 8.78 Å². The summed E-state index contributed by atoms with van der Waals surface area (Å²) in [5.74, 6) is -2.57. The van der Waals surface area contributed by atoms with E-state index in [9.17, 15) is 13.9 Å². The van der Waals surface area contributed by atoms with Crippen molar-refractivity contribution in [3.05, 3.63) is 48.2 Å². The van der Waals surface area contributed by atoms with Gasteiger partial charge < -0.3 is 5.11 Å². The number of likely N-dealkylation sites (tertiary alicyclic amines) is 1. The van der Waals surface area contributed by atoms with Gasteiger partial charge in [0.25, 0.3) is 5.92 Å². The normalized spacial score (nSPS) is 21.4. The van der Waals surface area contributed by atoms with Gasteiger partial charge in [-0.3, -0.25) is 4.90 Å². The Labute approximate surface area is 106 Å². The van der Waals surface area contributed by atoms with Gasteiger partial charge in [-0.1, -0.05) is 36.9 Å². The third-order valence-electron chi connectivity index (χ3n) is 3.33. The van der Waals surface area contributed by atoms with Crippen LogP contribution in [0, 0.1) is 0 Å². The maximum absolute atomic E-state index is 13.1. The molecule has 1 unspecified atom stereocenters. The van der Waals surface area contributed by atoms with Crippen LogP contribution in [0.15, 0.2) is 42.7 Å². The van der Waals surface area contributed by atoms with Gasteiger partial charge in [-0.2, -0.15) is 0 Å². The largest absolute Gasteiger partial charge is 0.511 e. The summed E-state index contributed by atoms with van der Waals surface area (Å²) in [5, 5.41) is 9.72. The van der Waals surface area contributed by atoms with Crippen LogP contribution in [0.25, 0.3) is 0 Å². The lowest BCUT2D eigenvalue weighted by Gasteiger charge is -2.37. The highest BCUT2D eigenvalue weighted by Gasteiger charge is 2.37. The molecule has 1 fully saturated rings. The van der Waals surface area contributed by atoms with Crippen LogP contribution in [-0.2, 0) is 0 Å². The molecule has 1 saturated heterocycles. The summed E-state index contributed by atoms with van der Waals surface area (Å²) < 4.78 is 26.3. The van der Waals surface area contributed by atoms with Crippen LogP contribution >= 0.6 is 0 Å². The smallest absolute Gasteiger partial charge is 0.250 e. The van der Waals surface area contributed by atoms with E-state index in [1.165, 1.54) is 0 Å². The van der Waals surface area contributed by atoms with Crippen molar-refractivity contribution in [1.82, 2.24) is 4.90 Å². The van der Waals surface area contributed by atoms with Crippen molar-refractivity contribution >= 4 is 0 Å². The first-order chi connectivity index (χ1) is 8.49. The van der Waals surface area contributed by atoms with Crippen LogP contribution in [0.5, 0.6) is 0 Å². The van der Waals surface area contributed by atoms with Crippen molar-refractivity contribution in [2.24, 2.45) is 0 Å². The van der Waals surface area contributed by atoms with Gasteiger partial charge in [0, 0.05) is 25.9 Å². The third-order valence-corrected chi connectivity index (χ3v) is 3.33. The second kappa shape index (κ2) is 5.06. The Morgan fingerprint density at radius 2 is 1.78 bits per heavy atom. The van der Waals surface area contributed by atoms with E-state index >= 15 is 0 Å². The van der Waals surface area contributed by atoms with Crippen molar-refractivity contribution in [3.63, 3.8) is 0 Å². The van der Waals surface area contributed by atoms with Crippen LogP contribution in [0.2, 0.25) is 0 Å². The number of aliphatic hydroxyl groups excluding tert-OH is 1. The van der Waals surface area contributed by atoms with Gasteiger partial charge in [-0.05, 0) is 5.56 Å². The second-order valence-electron chi connectivity index (χ2n) is 4.70. The van der Waals surface area contributed by atoms with Gasteiger partial charge in [0.2, 0.25) is 0 Å². The molecule has 0 saturated carbocycles. The number of alkyl halides is 2. The minimum absolute atomic E-state index is 0.00594. The first-order valence-corrected chi connectivity index (χ1v) is 6.04. The Hall–Kier alpha value is -1.42. The maximum Gasteiger partial charge on any atom is 0.250 e. The van der Waals surface area contributed by atoms with Crippen molar-refractivity contribution in [1.29, 1.82) is 0 Å². The van der Waals surface area contributed by atoms with E-state index in [0.29, 0.717) is 0 Å². The fourth-order valence-electron chi connectivity index (χ4n) is 2.36. The van der Waals surface area contributed by atoms with Gasteiger partial charge in [0.15, 0.2) is 0 Å². The molecule has 4 heteroatoms. The molecule has 0 radical (unpaired) electrons. The molecule has 1 heterocycles. The molecule has 98 valence electrons. The fourth-order valence-corrected chi connectivity index (χ4v) is 2.36. The second-order valence-corrected chi connectivity index (χ2v) is 4.70. The summed E-state index contributed by atoms with van der Waals surface area (Å²) >= 11 is 0. The molecular weight excluding hydrogens is 236 g/mol. The van der Waals surface area contributed by atoms with E-state index in [1.54, 1.807) is 0 Å². The lowest BCUT2D eigenvalue weighted by atomic mass is 9.99. The molecule has 1 aliphatic heterocycles. The summed E-state index contributed by atoms with van der Waals surface area (Å²) in [6.07, 6.45) is -0.326. The third kappa shape index (κ3) is 2.88. The Morgan fingerprint density at radius 1 is 1.22 bits per heavy atom. The highest BCUT2D eigenvalue weighted by molar-refractivity contribution is 5.24. The van der Waals surface area contributed by atoms with Gasteiger partial charge in [-0.25, -0.2) is 8.78 Å². The standard InChI is InChI=1S/C14H17F2NO/c1-11(18)13(12-5-3-2-4-6-12)17-9-7-14(15,16)8-10-17/h2-6,13,18H,1,7-10H2. The van der Waals surface area contributed by atoms with E-state index < -0.39 is 5.92 Å². The highest BCUT2D eigenvalue weighted by Crippen LogP contribution is 2.34. The van der Waals surface area contributed by atoms with Crippen LogP contribution in [0.3, 0.4) is 0 Å². The number of aliphatic hydroxyl groups is 1. The molecule has 0 spiro atoms. The lowest BCUT2D eigenvalue weighted by Crippen LogP contribution is -2.41. The monoisotopic (exact) mass is 253 g/mol. The average molecular weight is 253 g/mol. The Morgan fingerprint density at radius 3 is 2.28 bits per heavy atom. The van der Waals surface area contributed by atoms with Crippen molar-refractivity contribution in [2.45, 2.75) is 24.8 Å². The summed E-state index contributed by atoms with van der Waals surface area (Å²) in [7, 11) is 0.